The van der Waals surface area contributed by atoms with Gasteiger partial charge < -0.3 is 5.73 Å². The predicted molar refractivity (Wildman–Crippen MR) is 67.9 cm³/mol. The highest BCUT2D eigenvalue weighted by molar-refractivity contribution is 7.92. The van der Waals surface area contributed by atoms with E-state index in [9.17, 15) is 26.0 Å². The van der Waals surface area contributed by atoms with E-state index in [4.69, 9.17) is 5.73 Å². The number of nitrogens with one attached hydrogen (secondary N) is 1. The first-order valence-corrected chi connectivity index (χ1v) is 6.91. The van der Waals surface area contributed by atoms with E-state index in [0.717, 1.165) is 18.2 Å². The van der Waals surface area contributed by atoms with Gasteiger partial charge in [0.05, 0.1) is 5.69 Å². The summed E-state index contributed by atoms with van der Waals surface area (Å²) >= 11 is 0. The van der Waals surface area contributed by atoms with Crippen LogP contribution in [0.2, 0.25) is 0 Å². The molecule has 0 heterocycles. The van der Waals surface area contributed by atoms with Crippen molar-refractivity contribution in [3.8, 4) is 0 Å². The minimum atomic E-state index is -4.57. The Kier molecular flexibility index (Phi) is 3.77. The number of sulfonamides is 1. The van der Waals surface area contributed by atoms with E-state index in [2.05, 4.69) is 0 Å². The topological polar surface area (TPSA) is 72.2 Å². The molecule has 0 bridgehead atoms. The van der Waals surface area contributed by atoms with Gasteiger partial charge in [-0.1, -0.05) is 0 Å². The smallest absolute Gasteiger partial charge is 0.264 e. The number of rotatable bonds is 3. The zero-order valence-electron chi connectivity index (χ0n) is 10.2. The zero-order chi connectivity index (χ0) is 15.8. The van der Waals surface area contributed by atoms with Crippen LogP contribution >= 0.6 is 0 Å². The number of hydrogen-bond acceptors (Lipinski definition) is 3. The third-order valence-electron chi connectivity index (χ3n) is 2.48. The van der Waals surface area contributed by atoms with Gasteiger partial charge in [-0.3, -0.25) is 4.72 Å². The second-order valence-corrected chi connectivity index (χ2v) is 5.70. The minimum Gasteiger partial charge on any atom is -0.399 e. The molecule has 0 aromatic heterocycles. The number of nitrogens with two attached hydrogens (primary N) is 1. The molecule has 0 aliphatic rings. The van der Waals surface area contributed by atoms with Gasteiger partial charge in [0.25, 0.3) is 10.0 Å². The Bertz CT molecular complexity index is 809. The molecule has 2 aromatic carbocycles. The fourth-order valence-corrected chi connectivity index (χ4v) is 2.68. The Balaban J connectivity index is 2.47. The Hall–Kier alpha value is -2.29. The molecule has 3 N–H and O–H groups in total. The van der Waals surface area contributed by atoms with E-state index < -0.39 is 43.9 Å². The number of halogens is 4. The molecular weight excluding hydrogens is 312 g/mol. The number of anilines is 2. The molecule has 0 unspecified atom stereocenters. The third kappa shape index (κ3) is 3.07. The van der Waals surface area contributed by atoms with Gasteiger partial charge in [0.1, 0.15) is 16.5 Å². The van der Waals surface area contributed by atoms with Crippen LogP contribution in [0.15, 0.2) is 35.2 Å². The van der Waals surface area contributed by atoms with Crippen molar-refractivity contribution < 1.29 is 26.0 Å². The molecule has 9 heteroatoms. The van der Waals surface area contributed by atoms with Crippen molar-refractivity contribution in [1.82, 2.24) is 0 Å². The van der Waals surface area contributed by atoms with Crippen molar-refractivity contribution in [2.75, 3.05) is 10.5 Å². The summed E-state index contributed by atoms with van der Waals surface area (Å²) in [6, 6.07) is 3.39. The lowest BCUT2D eigenvalue weighted by Gasteiger charge is -2.10. The largest absolute Gasteiger partial charge is 0.399 e. The predicted octanol–water partition coefficient (Wildman–Crippen LogP) is 2.63. The van der Waals surface area contributed by atoms with Gasteiger partial charge >= 0.3 is 0 Å². The highest BCUT2D eigenvalue weighted by atomic mass is 32.2. The molecule has 0 aliphatic heterocycles. The summed E-state index contributed by atoms with van der Waals surface area (Å²) in [5, 5.41) is 0. The molecule has 2 rings (SSSR count). The van der Waals surface area contributed by atoms with Crippen molar-refractivity contribution in [2.45, 2.75) is 4.90 Å². The van der Waals surface area contributed by atoms with Crippen LogP contribution in [0.1, 0.15) is 0 Å². The van der Waals surface area contributed by atoms with Gasteiger partial charge in [-0.25, -0.2) is 26.0 Å². The first-order chi connectivity index (χ1) is 9.70. The normalized spacial score (nSPS) is 11.4. The molecule has 0 atom stereocenters. The fourth-order valence-electron chi connectivity index (χ4n) is 1.57. The summed E-state index contributed by atoms with van der Waals surface area (Å²) in [7, 11) is -4.57. The van der Waals surface area contributed by atoms with Crippen LogP contribution in [0.4, 0.5) is 28.9 Å². The summed E-state index contributed by atoms with van der Waals surface area (Å²) in [5.74, 6) is -5.55. The van der Waals surface area contributed by atoms with Gasteiger partial charge in [0.2, 0.25) is 0 Å². The number of benzene rings is 2. The highest BCUT2D eigenvalue weighted by Crippen LogP contribution is 2.24. The number of hydrogen-bond donors (Lipinski definition) is 2. The van der Waals surface area contributed by atoms with Gasteiger partial charge in [-0.15, -0.1) is 0 Å². The quantitative estimate of drug-likeness (QED) is 0.519. The lowest BCUT2D eigenvalue weighted by atomic mass is 10.3. The fraction of sp³-hybridized carbons (Fsp3) is 0. The van der Waals surface area contributed by atoms with E-state index in [1.54, 1.807) is 4.72 Å². The summed E-state index contributed by atoms with van der Waals surface area (Å²) < 4.78 is 78.4. The van der Waals surface area contributed by atoms with Crippen LogP contribution in [-0.4, -0.2) is 8.42 Å². The molecule has 0 saturated heterocycles. The summed E-state index contributed by atoms with van der Waals surface area (Å²) in [6.07, 6.45) is 0. The second-order valence-electron chi connectivity index (χ2n) is 4.04. The van der Waals surface area contributed by atoms with Gasteiger partial charge in [0.15, 0.2) is 11.6 Å². The van der Waals surface area contributed by atoms with Gasteiger partial charge in [0, 0.05) is 17.8 Å². The Morgan fingerprint density at radius 3 is 2.24 bits per heavy atom. The number of nitrogen functional groups attached to an aromatic ring is 1. The SMILES string of the molecule is Nc1ccc(S(=O)(=O)Nc2cc(F)cc(F)c2F)c(F)c1. The van der Waals surface area contributed by atoms with Crippen molar-refractivity contribution in [3.63, 3.8) is 0 Å². The average Bonchev–Trinajstić information content (AvgIpc) is 2.34. The van der Waals surface area contributed by atoms with E-state index in [1.165, 1.54) is 0 Å². The first kappa shape index (κ1) is 15.1. The van der Waals surface area contributed by atoms with Crippen molar-refractivity contribution in [3.05, 3.63) is 53.6 Å². The summed E-state index contributed by atoms with van der Waals surface area (Å²) in [4.78, 5) is -0.833. The molecular formula is C12H8F4N2O2S. The van der Waals surface area contributed by atoms with Crippen molar-refractivity contribution >= 4 is 21.4 Å². The highest BCUT2D eigenvalue weighted by Gasteiger charge is 2.22. The maximum absolute atomic E-state index is 13.6. The summed E-state index contributed by atoms with van der Waals surface area (Å²) in [6.45, 7) is 0. The van der Waals surface area contributed by atoms with Crippen molar-refractivity contribution in [2.24, 2.45) is 0 Å². The molecule has 4 nitrogen and oxygen atoms in total. The van der Waals surface area contributed by atoms with Crippen LogP contribution in [0.25, 0.3) is 0 Å². The average molecular weight is 320 g/mol. The van der Waals surface area contributed by atoms with Gasteiger partial charge in [-0.2, -0.15) is 0 Å². The van der Waals surface area contributed by atoms with Crippen molar-refractivity contribution in [1.29, 1.82) is 0 Å². The van der Waals surface area contributed by atoms with E-state index in [-0.39, 0.29) is 11.8 Å². The first-order valence-electron chi connectivity index (χ1n) is 5.43. The van der Waals surface area contributed by atoms with Crippen LogP contribution < -0.4 is 10.5 Å². The standard InChI is InChI=1S/C12H8F4N2O2S/c13-6-3-9(15)12(16)10(4-6)18-21(19,20)11-2-1-7(17)5-8(11)14/h1-5,18H,17H2. The molecule has 0 amide bonds. The van der Waals surface area contributed by atoms with Crippen LogP contribution in [-0.2, 0) is 10.0 Å². The molecule has 2 aromatic rings. The monoisotopic (exact) mass is 320 g/mol. The Labute approximate surface area is 117 Å². The van der Waals surface area contributed by atoms with E-state index in [1.807, 2.05) is 0 Å². The van der Waals surface area contributed by atoms with Crippen LogP contribution in [0.5, 0.6) is 0 Å². The Morgan fingerprint density at radius 2 is 1.62 bits per heavy atom. The molecule has 21 heavy (non-hydrogen) atoms. The van der Waals surface area contributed by atoms with E-state index >= 15 is 0 Å². The minimum absolute atomic E-state index is 0.0190. The zero-order valence-corrected chi connectivity index (χ0v) is 11.0. The van der Waals surface area contributed by atoms with Crippen LogP contribution in [0.3, 0.4) is 0 Å². The second kappa shape index (κ2) is 5.24. The third-order valence-corrected chi connectivity index (χ3v) is 3.88. The maximum Gasteiger partial charge on any atom is 0.264 e. The summed E-state index contributed by atoms with van der Waals surface area (Å²) in [5.41, 5.74) is 4.28. The molecule has 0 spiro atoms. The lowest BCUT2D eigenvalue weighted by molar-refractivity contribution is 0.498. The molecule has 0 fully saturated rings. The molecule has 112 valence electrons. The lowest BCUT2D eigenvalue weighted by Crippen LogP contribution is -2.16. The Morgan fingerprint density at radius 1 is 0.952 bits per heavy atom. The maximum atomic E-state index is 13.6. The molecule has 0 aliphatic carbocycles. The van der Waals surface area contributed by atoms with Crippen LogP contribution in [0, 0.1) is 23.3 Å². The van der Waals surface area contributed by atoms with Gasteiger partial charge in [-0.05, 0) is 18.2 Å². The van der Waals surface area contributed by atoms with E-state index in [0.29, 0.717) is 6.07 Å². The molecule has 0 saturated carbocycles. The molecule has 0 radical (unpaired) electrons.